The van der Waals surface area contributed by atoms with Gasteiger partial charge in [-0.15, -0.1) is 0 Å². The zero-order valence-corrected chi connectivity index (χ0v) is 17.4. The molecule has 3 heterocycles. The van der Waals surface area contributed by atoms with Crippen LogP contribution in [0.2, 0.25) is 10.0 Å². The van der Waals surface area contributed by atoms with Gasteiger partial charge in [-0.2, -0.15) is 0 Å². The smallest absolute Gasteiger partial charge is 0.166 e. The number of ether oxygens (including phenoxy) is 2. The number of anilines is 2. The van der Waals surface area contributed by atoms with Crippen LogP contribution in [0.3, 0.4) is 0 Å². The lowest BCUT2D eigenvalue weighted by Crippen LogP contribution is -2.40. The molecule has 1 atom stereocenters. The quantitative estimate of drug-likeness (QED) is 0.552. The standard InChI is InChI=1S/C21H19Cl2FN4O2/c22-15-1-2-16(20(24)19(15)23)28-21-14-5-13(11-7-25-8-11)18(6-17(14)26-10-27-21)30-12-3-4-29-9-12/h1-2,5-6,10-12,25H,3-4,7-9H2,(H,26,27,28)/t12-/m0/s1. The van der Waals surface area contributed by atoms with E-state index in [2.05, 4.69) is 20.6 Å². The minimum atomic E-state index is -0.625. The van der Waals surface area contributed by atoms with Crippen LogP contribution in [0.1, 0.15) is 17.9 Å². The van der Waals surface area contributed by atoms with Crippen LogP contribution < -0.4 is 15.4 Å². The van der Waals surface area contributed by atoms with Gasteiger partial charge in [0, 0.05) is 42.4 Å². The highest BCUT2D eigenvalue weighted by Gasteiger charge is 2.26. The lowest BCUT2D eigenvalue weighted by atomic mass is 9.91. The first-order valence-corrected chi connectivity index (χ1v) is 10.5. The molecule has 1 aromatic heterocycles. The van der Waals surface area contributed by atoms with Gasteiger partial charge in [0.2, 0.25) is 0 Å². The van der Waals surface area contributed by atoms with Gasteiger partial charge in [0.25, 0.3) is 0 Å². The molecule has 0 radical (unpaired) electrons. The van der Waals surface area contributed by atoms with E-state index in [9.17, 15) is 4.39 Å². The van der Waals surface area contributed by atoms with Crippen molar-refractivity contribution in [3.8, 4) is 5.75 Å². The first-order valence-electron chi connectivity index (χ1n) is 9.74. The summed E-state index contributed by atoms with van der Waals surface area (Å²) in [5.41, 5.74) is 1.98. The fourth-order valence-corrected chi connectivity index (χ4v) is 3.98. The number of hydrogen-bond acceptors (Lipinski definition) is 6. The second-order valence-electron chi connectivity index (χ2n) is 7.44. The summed E-state index contributed by atoms with van der Waals surface area (Å²) in [4.78, 5) is 8.73. The molecule has 2 N–H and O–H groups in total. The maximum absolute atomic E-state index is 14.5. The summed E-state index contributed by atoms with van der Waals surface area (Å²) in [6.45, 7) is 3.05. The summed E-state index contributed by atoms with van der Waals surface area (Å²) in [5, 5.41) is 7.14. The van der Waals surface area contributed by atoms with E-state index in [0.717, 1.165) is 36.2 Å². The molecule has 6 nitrogen and oxygen atoms in total. The summed E-state index contributed by atoms with van der Waals surface area (Å²) in [6, 6.07) is 7.04. The van der Waals surface area contributed by atoms with Crippen molar-refractivity contribution in [2.45, 2.75) is 18.4 Å². The Morgan fingerprint density at radius 1 is 1.20 bits per heavy atom. The molecule has 9 heteroatoms. The van der Waals surface area contributed by atoms with E-state index in [4.69, 9.17) is 32.7 Å². The molecule has 2 saturated heterocycles. The average molecular weight is 449 g/mol. The van der Waals surface area contributed by atoms with E-state index in [0.29, 0.717) is 30.5 Å². The summed E-state index contributed by atoms with van der Waals surface area (Å²) in [5.74, 6) is 1.01. The largest absolute Gasteiger partial charge is 0.488 e. The van der Waals surface area contributed by atoms with Gasteiger partial charge >= 0.3 is 0 Å². The van der Waals surface area contributed by atoms with Gasteiger partial charge in [-0.3, -0.25) is 0 Å². The van der Waals surface area contributed by atoms with E-state index in [1.54, 1.807) is 6.07 Å². The molecule has 2 aliphatic heterocycles. The highest BCUT2D eigenvalue weighted by Crippen LogP contribution is 2.37. The third kappa shape index (κ3) is 3.67. The highest BCUT2D eigenvalue weighted by molar-refractivity contribution is 6.42. The number of aromatic nitrogens is 2. The normalized spacial score (nSPS) is 19.1. The Morgan fingerprint density at radius 2 is 2.07 bits per heavy atom. The Hall–Kier alpha value is -2.19. The van der Waals surface area contributed by atoms with Crippen molar-refractivity contribution in [1.29, 1.82) is 0 Å². The van der Waals surface area contributed by atoms with Crippen LogP contribution in [0, 0.1) is 5.82 Å². The lowest BCUT2D eigenvalue weighted by molar-refractivity contribution is 0.140. The maximum atomic E-state index is 14.5. The molecule has 5 rings (SSSR count). The molecule has 30 heavy (non-hydrogen) atoms. The minimum Gasteiger partial charge on any atom is -0.488 e. The molecule has 2 aliphatic rings. The highest BCUT2D eigenvalue weighted by atomic mass is 35.5. The predicted molar refractivity (Wildman–Crippen MR) is 115 cm³/mol. The van der Waals surface area contributed by atoms with Crippen LogP contribution in [-0.4, -0.2) is 42.4 Å². The summed E-state index contributed by atoms with van der Waals surface area (Å²) < 4.78 is 26.2. The number of benzene rings is 2. The van der Waals surface area contributed by atoms with Crippen LogP contribution in [-0.2, 0) is 4.74 Å². The predicted octanol–water partition coefficient (Wildman–Crippen LogP) is 4.67. The zero-order chi connectivity index (χ0) is 20.7. The van der Waals surface area contributed by atoms with Crippen molar-refractivity contribution in [2.75, 3.05) is 31.6 Å². The van der Waals surface area contributed by atoms with Gasteiger partial charge in [0.15, 0.2) is 5.82 Å². The zero-order valence-electron chi connectivity index (χ0n) is 15.9. The SMILES string of the molecule is Fc1c(Nc2ncnc3cc(O[C@H]4CCOC4)c(C4CNC4)cc23)ccc(Cl)c1Cl. The number of rotatable bonds is 5. The molecule has 0 bridgehead atoms. The fourth-order valence-electron chi connectivity index (χ4n) is 3.67. The Labute approximate surface area is 182 Å². The van der Waals surface area contributed by atoms with Crippen LogP contribution in [0.4, 0.5) is 15.9 Å². The summed E-state index contributed by atoms with van der Waals surface area (Å²) in [7, 11) is 0. The number of fused-ring (bicyclic) bond motifs is 1. The third-order valence-corrected chi connectivity index (χ3v) is 6.24. The van der Waals surface area contributed by atoms with Gasteiger partial charge < -0.3 is 20.1 Å². The van der Waals surface area contributed by atoms with Crippen molar-refractivity contribution in [3.05, 3.63) is 52.0 Å². The lowest BCUT2D eigenvalue weighted by Gasteiger charge is -2.30. The molecular formula is C21H19Cl2FN4O2. The first kappa shape index (κ1) is 19.8. The van der Waals surface area contributed by atoms with Crippen LogP contribution in [0.25, 0.3) is 10.9 Å². The van der Waals surface area contributed by atoms with E-state index >= 15 is 0 Å². The molecule has 0 aliphatic carbocycles. The second kappa shape index (κ2) is 8.15. The van der Waals surface area contributed by atoms with Gasteiger partial charge in [-0.1, -0.05) is 23.2 Å². The van der Waals surface area contributed by atoms with Crippen molar-refractivity contribution < 1.29 is 13.9 Å². The number of hydrogen-bond donors (Lipinski definition) is 2. The minimum absolute atomic E-state index is 0.0407. The number of nitrogens with zero attached hydrogens (tertiary/aromatic N) is 2. The molecule has 2 fully saturated rings. The Bertz CT molecular complexity index is 1100. The first-order chi connectivity index (χ1) is 14.6. The maximum Gasteiger partial charge on any atom is 0.166 e. The molecule has 156 valence electrons. The van der Waals surface area contributed by atoms with Crippen LogP contribution in [0.15, 0.2) is 30.6 Å². The van der Waals surface area contributed by atoms with Crippen LogP contribution in [0.5, 0.6) is 5.75 Å². The van der Waals surface area contributed by atoms with E-state index in [1.165, 1.54) is 12.4 Å². The summed E-state index contributed by atoms with van der Waals surface area (Å²) >= 11 is 11.8. The topological polar surface area (TPSA) is 68.3 Å². The molecule has 2 aromatic carbocycles. The molecule has 0 amide bonds. The molecule has 0 unspecified atom stereocenters. The average Bonchev–Trinajstić information content (AvgIpc) is 3.21. The molecule has 0 saturated carbocycles. The van der Waals surface area contributed by atoms with Crippen LogP contribution >= 0.6 is 23.2 Å². The van der Waals surface area contributed by atoms with Gasteiger partial charge in [-0.05, 0) is 18.2 Å². The summed E-state index contributed by atoms with van der Waals surface area (Å²) in [6.07, 6.45) is 2.35. The number of halogens is 3. The van der Waals surface area contributed by atoms with Gasteiger partial charge in [0.05, 0.1) is 34.5 Å². The Kier molecular flexibility index (Phi) is 5.37. The van der Waals surface area contributed by atoms with Crippen molar-refractivity contribution in [2.24, 2.45) is 0 Å². The molecule has 0 spiro atoms. The van der Waals surface area contributed by atoms with Crippen molar-refractivity contribution in [3.63, 3.8) is 0 Å². The third-order valence-electron chi connectivity index (χ3n) is 5.46. The molecular weight excluding hydrogens is 430 g/mol. The number of nitrogens with one attached hydrogen (secondary N) is 2. The monoisotopic (exact) mass is 448 g/mol. The molecule has 3 aromatic rings. The van der Waals surface area contributed by atoms with E-state index in [1.807, 2.05) is 12.1 Å². The van der Waals surface area contributed by atoms with E-state index in [-0.39, 0.29) is 21.8 Å². The van der Waals surface area contributed by atoms with Gasteiger partial charge in [0.1, 0.15) is 24.0 Å². The Morgan fingerprint density at radius 3 is 2.80 bits per heavy atom. The Balaban J connectivity index is 1.56. The van der Waals surface area contributed by atoms with Crippen molar-refractivity contribution in [1.82, 2.24) is 15.3 Å². The second-order valence-corrected chi connectivity index (χ2v) is 8.22. The van der Waals surface area contributed by atoms with Crippen molar-refractivity contribution >= 4 is 45.6 Å². The van der Waals surface area contributed by atoms with E-state index < -0.39 is 5.82 Å². The fraction of sp³-hybridized carbons (Fsp3) is 0.333. The van der Waals surface area contributed by atoms with Gasteiger partial charge in [-0.25, -0.2) is 14.4 Å².